The molecule has 5 nitrogen and oxygen atoms in total. The van der Waals surface area contributed by atoms with E-state index < -0.39 is 0 Å². The van der Waals surface area contributed by atoms with Gasteiger partial charge in [-0.2, -0.15) is 5.10 Å². The number of aromatic nitrogens is 2. The molecule has 5 rings (SSSR count). The molecule has 0 unspecified atom stereocenters. The van der Waals surface area contributed by atoms with E-state index in [0.29, 0.717) is 29.5 Å². The standard InChI is InChI=1S/C22H26FN3O2/c23-17-3-1-15(2-4-17)19-13-16-5-9-25(14-20(16)19)22(27)21-6-10-26(24-21)18-7-11-28-12-8-18/h1-4,6,10,16,18-20H,5,7-9,11-14H2/t16-,19+,20-/m1/s1. The second-order valence-corrected chi connectivity index (χ2v) is 8.38. The van der Waals surface area contributed by atoms with Crippen molar-refractivity contribution in [3.05, 3.63) is 53.6 Å². The zero-order valence-corrected chi connectivity index (χ0v) is 16.0. The van der Waals surface area contributed by atoms with E-state index >= 15 is 0 Å². The lowest BCUT2D eigenvalue weighted by Gasteiger charge is -2.51. The number of likely N-dealkylation sites (tertiary alicyclic amines) is 1. The molecule has 1 aromatic carbocycles. The van der Waals surface area contributed by atoms with Gasteiger partial charge in [-0.1, -0.05) is 12.1 Å². The van der Waals surface area contributed by atoms with Gasteiger partial charge in [0.2, 0.25) is 0 Å². The molecule has 3 heterocycles. The summed E-state index contributed by atoms with van der Waals surface area (Å²) >= 11 is 0. The van der Waals surface area contributed by atoms with Crippen LogP contribution in [0.25, 0.3) is 0 Å². The van der Waals surface area contributed by atoms with Gasteiger partial charge in [0, 0.05) is 32.5 Å². The van der Waals surface area contributed by atoms with Gasteiger partial charge in [-0.15, -0.1) is 0 Å². The molecule has 3 atom stereocenters. The maximum Gasteiger partial charge on any atom is 0.274 e. The number of hydrogen-bond donors (Lipinski definition) is 0. The summed E-state index contributed by atoms with van der Waals surface area (Å²) in [5.74, 6) is 1.43. The summed E-state index contributed by atoms with van der Waals surface area (Å²) in [6, 6.07) is 9.05. The molecular formula is C22H26FN3O2. The molecule has 0 bridgehead atoms. The van der Waals surface area contributed by atoms with Gasteiger partial charge in [-0.25, -0.2) is 4.39 Å². The van der Waals surface area contributed by atoms with Crippen molar-refractivity contribution in [2.75, 3.05) is 26.3 Å². The molecule has 2 aromatic rings. The van der Waals surface area contributed by atoms with E-state index in [9.17, 15) is 9.18 Å². The van der Waals surface area contributed by atoms with Crippen LogP contribution >= 0.6 is 0 Å². The van der Waals surface area contributed by atoms with Crippen LogP contribution in [0.3, 0.4) is 0 Å². The summed E-state index contributed by atoms with van der Waals surface area (Å²) in [4.78, 5) is 15.0. The SMILES string of the molecule is O=C(c1ccn(C2CCOCC2)n1)N1CC[C@@H]2C[C@@H](c3ccc(F)cc3)[C@@H]2C1. The number of benzene rings is 1. The summed E-state index contributed by atoms with van der Waals surface area (Å²) in [6.07, 6.45) is 6.02. The third-order valence-electron chi connectivity index (χ3n) is 6.86. The van der Waals surface area contributed by atoms with Crippen LogP contribution in [-0.4, -0.2) is 46.9 Å². The van der Waals surface area contributed by atoms with Crippen LogP contribution in [0.4, 0.5) is 4.39 Å². The number of rotatable bonds is 3. The normalized spacial score (nSPS) is 27.9. The number of piperidine rings is 1. The molecule has 1 aromatic heterocycles. The molecule has 1 aliphatic carbocycles. The molecule has 2 aliphatic heterocycles. The first-order valence-electron chi connectivity index (χ1n) is 10.4. The van der Waals surface area contributed by atoms with Crippen molar-refractivity contribution in [3.8, 4) is 0 Å². The average Bonchev–Trinajstić information content (AvgIpc) is 3.21. The minimum Gasteiger partial charge on any atom is -0.381 e. The molecule has 28 heavy (non-hydrogen) atoms. The highest BCUT2D eigenvalue weighted by atomic mass is 19.1. The first-order valence-corrected chi connectivity index (χ1v) is 10.4. The maximum atomic E-state index is 13.2. The smallest absolute Gasteiger partial charge is 0.274 e. The Morgan fingerprint density at radius 3 is 2.68 bits per heavy atom. The van der Waals surface area contributed by atoms with Gasteiger partial charge in [0.1, 0.15) is 11.5 Å². The second-order valence-electron chi connectivity index (χ2n) is 8.38. The Morgan fingerprint density at radius 1 is 1.11 bits per heavy atom. The van der Waals surface area contributed by atoms with Crippen molar-refractivity contribution >= 4 is 5.91 Å². The molecule has 2 saturated heterocycles. The summed E-state index contributed by atoms with van der Waals surface area (Å²) in [6.45, 7) is 3.09. The number of fused-ring (bicyclic) bond motifs is 1. The predicted octanol–water partition coefficient (Wildman–Crippen LogP) is 3.64. The first-order chi connectivity index (χ1) is 13.7. The van der Waals surface area contributed by atoms with Crippen molar-refractivity contribution in [1.29, 1.82) is 0 Å². The minimum atomic E-state index is -0.194. The van der Waals surface area contributed by atoms with Gasteiger partial charge in [-0.05, 0) is 67.2 Å². The average molecular weight is 383 g/mol. The van der Waals surface area contributed by atoms with E-state index in [2.05, 4.69) is 5.10 Å². The largest absolute Gasteiger partial charge is 0.381 e. The first kappa shape index (κ1) is 17.9. The Kier molecular flexibility index (Phi) is 4.67. The fourth-order valence-electron chi connectivity index (χ4n) is 5.13. The minimum absolute atomic E-state index is 0.0361. The molecule has 3 fully saturated rings. The predicted molar refractivity (Wildman–Crippen MR) is 103 cm³/mol. The number of ether oxygens (including phenoxy) is 1. The number of amides is 1. The molecule has 1 saturated carbocycles. The van der Waals surface area contributed by atoms with E-state index in [-0.39, 0.29) is 11.7 Å². The van der Waals surface area contributed by atoms with E-state index in [0.717, 1.165) is 52.0 Å². The van der Waals surface area contributed by atoms with E-state index in [1.54, 1.807) is 0 Å². The van der Waals surface area contributed by atoms with Crippen molar-refractivity contribution < 1.29 is 13.9 Å². The molecule has 1 amide bonds. The maximum absolute atomic E-state index is 13.2. The number of carbonyl (C=O) groups is 1. The van der Waals surface area contributed by atoms with Gasteiger partial charge in [0.15, 0.2) is 0 Å². The van der Waals surface area contributed by atoms with Gasteiger partial charge in [0.25, 0.3) is 5.91 Å². The third kappa shape index (κ3) is 3.24. The van der Waals surface area contributed by atoms with Crippen LogP contribution in [0.1, 0.15) is 53.7 Å². The van der Waals surface area contributed by atoms with E-state index in [1.165, 1.54) is 17.7 Å². The summed E-state index contributed by atoms with van der Waals surface area (Å²) in [5.41, 5.74) is 1.74. The second kappa shape index (κ2) is 7.32. The molecule has 0 radical (unpaired) electrons. The van der Waals surface area contributed by atoms with Crippen molar-refractivity contribution in [2.24, 2.45) is 11.8 Å². The molecular weight excluding hydrogens is 357 g/mol. The molecule has 3 aliphatic rings. The van der Waals surface area contributed by atoms with Crippen LogP contribution in [0.15, 0.2) is 36.5 Å². The van der Waals surface area contributed by atoms with Crippen LogP contribution < -0.4 is 0 Å². The fraction of sp³-hybridized carbons (Fsp3) is 0.545. The fourth-order valence-corrected chi connectivity index (χ4v) is 5.13. The highest BCUT2D eigenvalue weighted by Crippen LogP contribution is 2.51. The lowest BCUT2D eigenvalue weighted by atomic mass is 9.59. The molecule has 0 spiro atoms. The number of nitrogens with zero attached hydrogens (tertiary/aromatic N) is 3. The lowest BCUT2D eigenvalue weighted by Crippen LogP contribution is -2.51. The number of carbonyl (C=O) groups excluding carboxylic acids is 1. The van der Waals surface area contributed by atoms with E-state index in [1.807, 2.05) is 34.0 Å². The monoisotopic (exact) mass is 383 g/mol. The van der Waals surface area contributed by atoms with Crippen molar-refractivity contribution in [1.82, 2.24) is 14.7 Å². The van der Waals surface area contributed by atoms with Crippen LogP contribution in [0, 0.1) is 17.7 Å². The van der Waals surface area contributed by atoms with Crippen LogP contribution in [0.5, 0.6) is 0 Å². The Hall–Kier alpha value is -2.21. The van der Waals surface area contributed by atoms with Crippen LogP contribution in [-0.2, 0) is 4.74 Å². The highest BCUT2D eigenvalue weighted by molar-refractivity contribution is 5.92. The summed E-state index contributed by atoms with van der Waals surface area (Å²) in [5, 5.41) is 4.59. The van der Waals surface area contributed by atoms with E-state index in [4.69, 9.17) is 4.74 Å². The zero-order chi connectivity index (χ0) is 19.1. The number of halogens is 1. The highest BCUT2D eigenvalue weighted by Gasteiger charge is 2.45. The van der Waals surface area contributed by atoms with Gasteiger partial charge >= 0.3 is 0 Å². The van der Waals surface area contributed by atoms with Gasteiger partial charge in [-0.3, -0.25) is 9.48 Å². The topological polar surface area (TPSA) is 47.4 Å². The van der Waals surface area contributed by atoms with Gasteiger partial charge in [0.05, 0.1) is 6.04 Å². The Balaban J connectivity index is 1.26. The molecule has 6 heteroatoms. The summed E-state index contributed by atoms with van der Waals surface area (Å²) in [7, 11) is 0. The Bertz CT molecular complexity index is 844. The molecule has 0 N–H and O–H groups in total. The Morgan fingerprint density at radius 2 is 1.89 bits per heavy atom. The van der Waals surface area contributed by atoms with Crippen molar-refractivity contribution in [2.45, 2.75) is 37.6 Å². The number of hydrogen-bond acceptors (Lipinski definition) is 3. The summed E-state index contributed by atoms with van der Waals surface area (Å²) < 4.78 is 20.6. The zero-order valence-electron chi connectivity index (χ0n) is 16.0. The van der Waals surface area contributed by atoms with Crippen LogP contribution in [0.2, 0.25) is 0 Å². The van der Waals surface area contributed by atoms with Gasteiger partial charge < -0.3 is 9.64 Å². The third-order valence-corrected chi connectivity index (χ3v) is 6.86. The lowest BCUT2D eigenvalue weighted by molar-refractivity contribution is 0.0200. The van der Waals surface area contributed by atoms with Crippen molar-refractivity contribution in [3.63, 3.8) is 0 Å². The Labute approximate surface area is 164 Å². The quantitative estimate of drug-likeness (QED) is 0.813. The molecule has 148 valence electrons.